The summed E-state index contributed by atoms with van der Waals surface area (Å²) in [4.78, 5) is 14.0. The molecule has 4 nitrogen and oxygen atoms in total. The molecule has 0 amide bonds. The number of hydrogen-bond donors (Lipinski definition) is 1. The average molecular weight is 332 g/mol. The van der Waals surface area contributed by atoms with Crippen LogP contribution < -0.4 is 5.32 Å². The van der Waals surface area contributed by atoms with E-state index >= 15 is 0 Å². The fraction of sp³-hybridized carbons (Fsp3) is 0.632. The number of benzene rings is 1. The second kappa shape index (κ2) is 6.45. The molecular weight excluding hydrogens is 307 g/mol. The van der Waals surface area contributed by atoms with Crippen molar-refractivity contribution in [3.8, 4) is 0 Å². The lowest BCUT2D eigenvalue weighted by Crippen LogP contribution is -2.43. The van der Waals surface area contributed by atoms with Gasteiger partial charge in [0.25, 0.3) is 0 Å². The number of nitrogens with zero attached hydrogens (tertiary/aromatic N) is 1. The molecule has 130 valence electrons. The van der Waals surface area contributed by atoms with Gasteiger partial charge in [-0.05, 0) is 55.7 Å². The second-order valence-corrected chi connectivity index (χ2v) is 7.55. The van der Waals surface area contributed by atoms with Crippen molar-refractivity contribution >= 4 is 5.97 Å². The van der Waals surface area contributed by atoms with Gasteiger partial charge in [-0.3, -0.25) is 4.90 Å². The van der Waals surface area contributed by atoms with E-state index in [0.29, 0.717) is 24.2 Å². The number of carbonyl (C=O) groups excluding carboxylic acids is 1. The summed E-state index contributed by atoms with van der Waals surface area (Å²) in [5, 5.41) is 3.68. The van der Waals surface area contributed by atoms with Crippen LogP contribution in [0.5, 0.6) is 0 Å². The number of halogens is 1. The SMILES string of the molecule is COC(=O)c1cc(F)c2c(c1)CCN(CC1CC3CCC(C1)N3)C2. The van der Waals surface area contributed by atoms with Crippen LogP contribution in [0.25, 0.3) is 0 Å². The minimum absolute atomic E-state index is 0.275. The maximum Gasteiger partial charge on any atom is 0.337 e. The van der Waals surface area contributed by atoms with Crippen molar-refractivity contribution in [2.75, 3.05) is 20.2 Å². The summed E-state index contributed by atoms with van der Waals surface area (Å²) in [5.74, 6) is -0.0185. The highest BCUT2D eigenvalue weighted by Gasteiger charge is 2.34. The Bertz CT molecular complexity index is 636. The number of fused-ring (bicyclic) bond motifs is 3. The van der Waals surface area contributed by atoms with E-state index in [-0.39, 0.29) is 5.82 Å². The molecule has 0 aliphatic carbocycles. The topological polar surface area (TPSA) is 41.6 Å². The van der Waals surface area contributed by atoms with Gasteiger partial charge in [0.05, 0.1) is 12.7 Å². The first-order valence-corrected chi connectivity index (χ1v) is 9.00. The van der Waals surface area contributed by atoms with Crippen molar-refractivity contribution in [1.82, 2.24) is 10.2 Å². The highest BCUT2D eigenvalue weighted by atomic mass is 19.1. The quantitative estimate of drug-likeness (QED) is 0.864. The standard InChI is InChI=1S/C19H25FN2O2/c1-24-19(23)14-8-13-4-5-22(11-17(13)18(20)9-14)10-12-6-15-2-3-16(7-12)21-15/h8-9,12,15-16,21H,2-7,10-11H2,1H3. The van der Waals surface area contributed by atoms with Crippen LogP contribution in [0, 0.1) is 11.7 Å². The van der Waals surface area contributed by atoms with Crippen LogP contribution in [0.1, 0.15) is 47.2 Å². The smallest absolute Gasteiger partial charge is 0.337 e. The first-order valence-electron chi connectivity index (χ1n) is 9.00. The molecule has 0 aromatic heterocycles. The maximum atomic E-state index is 14.5. The molecule has 2 saturated heterocycles. The lowest BCUT2D eigenvalue weighted by Gasteiger charge is -2.36. The molecule has 5 heteroatoms. The minimum atomic E-state index is -0.468. The van der Waals surface area contributed by atoms with E-state index in [4.69, 9.17) is 4.74 Å². The van der Waals surface area contributed by atoms with Gasteiger partial charge in [-0.2, -0.15) is 0 Å². The van der Waals surface area contributed by atoms with E-state index < -0.39 is 5.97 Å². The third kappa shape index (κ3) is 3.07. The van der Waals surface area contributed by atoms with E-state index in [0.717, 1.165) is 36.6 Å². The Morgan fingerprint density at radius 2 is 2.08 bits per heavy atom. The normalized spacial score (nSPS) is 29.3. The van der Waals surface area contributed by atoms with Gasteiger partial charge in [0.1, 0.15) is 5.82 Å². The first kappa shape index (κ1) is 16.0. The first-order chi connectivity index (χ1) is 11.6. The molecule has 3 aliphatic heterocycles. The number of carbonyl (C=O) groups is 1. The van der Waals surface area contributed by atoms with Crippen LogP contribution in [-0.4, -0.2) is 43.2 Å². The number of esters is 1. The summed E-state index contributed by atoms with van der Waals surface area (Å²) in [6.07, 6.45) is 5.94. The Morgan fingerprint density at radius 1 is 1.33 bits per heavy atom. The maximum absolute atomic E-state index is 14.5. The van der Waals surface area contributed by atoms with Gasteiger partial charge in [0.2, 0.25) is 0 Å². The molecule has 1 N–H and O–H groups in total. The summed E-state index contributed by atoms with van der Waals surface area (Å²) in [5.41, 5.74) is 2.03. The van der Waals surface area contributed by atoms with Crippen molar-refractivity contribution in [3.63, 3.8) is 0 Å². The van der Waals surface area contributed by atoms with E-state index in [2.05, 4.69) is 10.2 Å². The van der Waals surface area contributed by atoms with Crippen LogP contribution in [0.4, 0.5) is 4.39 Å². The molecular formula is C19H25FN2O2. The average Bonchev–Trinajstić information content (AvgIpc) is 2.93. The third-order valence-electron chi connectivity index (χ3n) is 5.88. The molecule has 1 aromatic carbocycles. The number of nitrogens with one attached hydrogen (secondary N) is 1. The van der Waals surface area contributed by atoms with Gasteiger partial charge in [-0.25, -0.2) is 9.18 Å². The van der Waals surface area contributed by atoms with Crippen molar-refractivity contribution in [2.45, 2.75) is 50.7 Å². The van der Waals surface area contributed by atoms with Crippen molar-refractivity contribution in [2.24, 2.45) is 5.92 Å². The second-order valence-electron chi connectivity index (χ2n) is 7.55. The van der Waals surface area contributed by atoms with Gasteiger partial charge >= 0.3 is 5.97 Å². The molecule has 2 fully saturated rings. The predicted molar refractivity (Wildman–Crippen MR) is 89.4 cm³/mol. The Hall–Kier alpha value is -1.46. The Balaban J connectivity index is 1.45. The monoisotopic (exact) mass is 332 g/mol. The lowest BCUT2D eigenvalue weighted by atomic mass is 9.90. The van der Waals surface area contributed by atoms with Gasteiger partial charge in [0.15, 0.2) is 0 Å². The summed E-state index contributed by atoms with van der Waals surface area (Å²) in [6, 6.07) is 4.51. The minimum Gasteiger partial charge on any atom is -0.465 e. The Labute approximate surface area is 142 Å². The zero-order valence-electron chi connectivity index (χ0n) is 14.2. The highest BCUT2D eigenvalue weighted by molar-refractivity contribution is 5.89. The van der Waals surface area contributed by atoms with Crippen LogP contribution in [0.2, 0.25) is 0 Å². The van der Waals surface area contributed by atoms with E-state index in [1.165, 1.54) is 38.9 Å². The summed E-state index contributed by atoms with van der Waals surface area (Å²) in [7, 11) is 1.33. The van der Waals surface area contributed by atoms with Crippen LogP contribution in [0.15, 0.2) is 12.1 Å². The zero-order chi connectivity index (χ0) is 16.7. The van der Waals surface area contributed by atoms with Gasteiger partial charge in [0, 0.05) is 37.3 Å². The Kier molecular flexibility index (Phi) is 4.31. The van der Waals surface area contributed by atoms with E-state index in [1.807, 2.05) is 0 Å². The molecule has 3 heterocycles. The number of ether oxygens (including phenoxy) is 1. The third-order valence-corrected chi connectivity index (χ3v) is 5.88. The predicted octanol–water partition coefficient (Wildman–Crippen LogP) is 2.50. The molecule has 2 bridgehead atoms. The largest absolute Gasteiger partial charge is 0.465 e. The van der Waals surface area contributed by atoms with Crippen molar-refractivity contribution in [1.29, 1.82) is 0 Å². The van der Waals surface area contributed by atoms with Crippen LogP contribution >= 0.6 is 0 Å². The van der Waals surface area contributed by atoms with E-state index in [1.54, 1.807) is 6.07 Å². The molecule has 3 aliphatic rings. The van der Waals surface area contributed by atoms with Gasteiger partial charge < -0.3 is 10.1 Å². The molecule has 0 saturated carbocycles. The summed E-state index contributed by atoms with van der Waals surface area (Å²) >= 11 is 0. The van der Waals surface area contributed by atoms with Gasteiger partial charge in [-0.1, -0.05) is 0 Å². The number of piperidine rings is 1. The Morgan fingerprint density at radius 3 is 2.79 bits per heavy atom. The summed E-state index contributed by atoms with van der Waals surface area (Å²) < 4.78 is 19.2. The highest BCUT2D eigenvalue weighted by Crippen LogP contribution is 2.32. The summed E-state index contributed by atoms with van der Waals surface area (Å²) in [6.45, 7) is 2.66. The zero-order valence-corrected chi connectivity index (χ0v) is 14.2. The molecule has 24 heavy (non-hydrogen) atoms. The number of rotatable bonds is 3. The van der Waals surface area contributed by atoms with Crippen molar-refractivity contribution in [3.05, 3.63) is 34.6 Å². The molecule has 4 rings (SSSR count). The molecule has 0 spiro atoms. The molecule has 0 radical (unpaired) electrons. The van der Waals surface area contributed by atoms with Crippen LogP contribution in [0.3, 0.4) is 0 Å². The molecule has 1 aromatic rings. The number of methoxy groups -OCH3 is 1. The van der Waals surface area contributed by atoms with Crippen molar-refractivity contribution < 1.29 is 13.9 Å². The lowest BCUT2D eigenvalue weighted by molar-refractivity contribution is 0.0600. The van der Waals surface area contributed by atoms with Crippen LogP contribution in [-0.2, 0) is 17.7 Å². The van der Waals surface area contributed by atoms with Gasteiger partial charge in [-0.15, -0.1) is 0 Å². The molecule has 2 unspecified atom stereocenters. The molecule has 2 atom stereocenters. The number of hydrogen-bond acceptors (Lipinski definition) is 4. The fourth-order valence-corrected chi connectivity index (χ4v) is 4.76. The van der Waals surface area contributed by atoms with E-state index in [9.17, 15) is 9.18 Å². The fourth-order valence-electron chi connectivity index (χ4n) is 4.76.